The Hall–Kier alpha value is -2.53. The SMILES string of the molecule is Cc1nc(S[C@H]2CCc3ccccc3NC2=O)n(-c2ccccc2)c1C. The van der Waals surface area contributed by atoms with Crippen LogP contribution in [0, 0.1) is 13.8 Å². The summed E-state index contributed by atoms with van der Waals surface area (Å²) >= 11 is 1.55. The quantitative estimate of drug-likeness (QED) is 0.743. The second-order valence-corrected chi connectivity index (χ2v) is 7.70. The molecular weight excluding hydrogens is 342 g/mol. The molecule has 0 saturated carbocycles. The number of amides is 1. The average molecular weight is 363 g/mol. The van der Waals surface area contributed by atoms with Crippen LogP contribution in [0.1, 0.15) is 23.4 Å². The van der Waals surface area contributed by atoms with Gasteiger partial charge in [0.25, 0.3) is 0 Å². The smallest absolute Gasteiger partial charge is 0.237 e. The van der Waals surface area contributed by atoms with Crippen molar-refractivity contribution in [3.05, 3.63) is 71.5 Å². The molecular formula is C21H21N3OS. The predicted molar refractivity (Wildman–Crippen MR) is 106 cm³/mol. The van der Waals surface area contributed by atoms with Crippen molar-refractivity contribution in [1.29, 1.82) is 0 Å². The lowest BCUT2D eigenvalue weighted by Gasteiger charge is -2.15. The molecule has 0 fully saturated rings. The number of hydrogen-bond donors (Lipinski definition) is 1. The number of carbonyl (C=O) groups excluding carboxylic acids is 1. The zero-order valence-corrected chi connectivity index (χ0v) is 15.7. The number of aromatic nitrogens is 2. The number of para-hydroxylation sites is 2. The van der Waals surface area contributed by atoms with Crippen molar-refractivity contribution in [2.45, 2.75) is 37.1 Å². The van der Waals surface area contributed by atoms with Crippen molar-refractivity contribution in [3.8, 4) is 5.69 Å². The number of anilines is 1. The van der Waals surface area contributed by atoms with Gasteiger partial charge in [0.2, 0.25) is 5.91 Å². The molecule has 132 valence electrons. The second-order valence-electron chi connectivity index (χ2n) is 6.53. The molecule has 5 heteroatoms. The first-order valence-corrected chi connectivity index (χ1v) is 9.68. The fraction of sp³-hybridized carbons (Fsp3) is 0.238. The van der Waals surface area contributed by atoms with Gasteiger partial charge in [0, 0.05) is 17.1 Å². The van der Waals surface area contributed by atoms with Crippen LogP contribution >= 0.6 is 11.8 Å². The molecule has 1 aliphatic heterocycles. The van der Waals surface area contributed by atoms with Gasteiger partial charge in [-0.05, 0) is 50.5 Å². The Kier molecular flexibility index (Phi) is 4.55. The molecule has 2 heterocycles. The van der Waals surface area contributed by atoms with Crippen molar-refractivity contribution in [2.75, 3.05) is 5.32 Å². The van der Waals surface area contributed by atoms with Crippen LogP contribution in [0.3, 0.4) is 0 Å². The molecule has 4 rings (SSSR count). The Balaban J connectivity index is 1.64. The van der Waals surface area contributed by atoms with Gasteiger partial charge >= 0.3 is 0 Å². The minimum absolute atomic E-state index is 0.0536. The van der Waals surface area contributed by atoms with E-state index in [-0.39, 0.29) is 11.2 Å². The lowest BCUT2D eigenvalue weighted by atomic mass is 10.1. The molecule has 4 nitrogen and oxygen atoms in total. The highest BCUT2D eigenvalue weighted by molar-refractivity contribution is 8.00. The average Bonchev–Trinajstić information content (AvgIpc) is 2.83. The Morgan fingerprint density at radius 3 is 2.62 bits per heavy atom. The fourth-order valence-electron chi connectivity index (χ4n) is 3.27. The number of carbonyl (C=O) groups is 1. The Labute approximate surface area is 157 Å². The first-order chi connectivity index (χ1) is 12.6. The Morgan fingerprint density at radius 2 is 1.81 bits per heavy atom. The van der Waals surface area contributed by atoms with E-state index in [1.807, 2.05) is 43.3 Å². The maximum Gasteiger partial charge on any atom is 0.237 e. The zero-order chi connectivity index (χ0) is 18.1. The number of hydrogen-bond acceptors (Lipinski definition) is 3. The largest absolute Gasteiger partial charge is 0.325 e. The van der Waals surface area contributed by atoms with Gasteiger partial charge in [0.05, 0.1) is 10.9 Å². The number of fused-ring (bicyclic) bond motifs is 1. The summed E-state index contributed by atoms with van der Waals surface area (Å²) < 4.78 is 2.14. The van der Waals surface area contributed by atoms with Gasteiger partial charge in [0.1, 0.15) is 0 Å². The minimum Gasteiger partial charge on any atom is -0.325 e. The Bertz CT molecular complexity index is 949. The van der Waals surface area contributed by atoms with Crippen molar-refractivity contribution < 1.29 is 4.79 Å². The molecule has 0 aliphatic carbocycles. The molecule has 0 bridgehead atoms. The summed E-state index contributed by atoms with van der Waals surface area (Å²) in [6, 6.07) is 18.2. The third-order valence-electron chi connectivity index (χ3n) is 4.82. The van der Waals surface area contributed by atoms with Gasteiger partial charge in [0.15, 0.2) is 5.16 Å². The highest BCUT2D eigenvalue weighted by Gasteiger charge is 2.27. The van der Waals surface area contributed by atoms with Crippen molar-refractivity contribution in [1.82, 2.24) is 9.55 Å². The van der Waals surface area contributed by atoms with Gasteiger partial charge in [-0.1, -0.05) is 48.2 Å². The van der Waals surface area contributed by atoms with E-state index in [1.54, 1.807) is 11.8 Å². The first kappa shape index (κ1) is 16.9. The van der Waals surface area contributed by atoms with E-state index in [2.05, 4.69) is 35.0 Å². The number of thioether (sulfide) groups is 1. The molecule has 1 amide bonds. The second kappa shape index (κ2) is 7.00. The molecule has 1 N–H and O–H groups in total. The number of rotatable bonds is 3. The lowest BCUT2D eigenvalue weighted by molar-refractivity contribution is -0.115. The normalized spacial score (nSPS) is 16.7. The molecule has 0 spiro atoms. The van der Waals surface area contributed by atoms with Crippen LogP contribution < -0.4 is 5.32 Å². The summed E-state index contributed by atoms with van der Waals surface area (Å²) in [6.07, 6.45) is 1.68. The number of nitrogens with zero attached hydrogens (tertiary/aromatic N) is 2. The van der Waals surface area contributed by atoms with E-state index >= 15 is 0 Å². The zero-order valence-electron chi connectivity index (χ0n) is 14.9. The van der Waals surface area contributed by atoms with Crippen LogP contribution in [-0.2, 0) is 11.2 Å². The van der Waals surface area contributed by atoms with Crippen molar-refractivity contribution in [2.24, 2.45) is 0 Å². The summed E-state index contributed by atoms with van der Waals surface area (Å²) in [4.78, 5) is 17.5. The molecule has 26 heavy (non-hydrogen) atoms. The lowest BCUT2D eigenvalue weighted by Crippen LogP contribution is -2.24. The highest BCUT2D eigenvalue weighted by atomic mass is 32.2. The monoisotopic (exact) mass is 363 g/mol. The summed E-state index contributed by atoms with van der Waals surface area (Å²) in [7, 11) is 0. The molecule has 2 aromatic carbocycles. The summed E-state index contributed by atoms with van der Waals surface area (Å²) in [5.41, 5.74) is 5.30. The van der Waals surface area contributed by atoms with Crippen LogP contribution in [0.25, 0.3) is 5.69 Å². The van der Waals surface area contributed by atoms with Crippen LogP contribution in [0.15, 0.2) is 59.8 Å². The molecule has 1 aromatic heterocycles. The number of nitrogens with one attached hydrogen (secondary N) is 1. The molecule has 0 unspecified atom stereocenters. The van der Waals surface area contributed by atoms with Gasteiger partial charge in [-0.3, -0.25) is 9.36 Å². The van der Waals surface area contributed by atoms with Crippen LogP contribution in [0.4, 0.5) is 5.69 Å². The van der Waals surface area contributed by atoms with Gasteiger partial charge < -0.3 is 5.32 Å². The number of aryl methyl sites for hydroxylation is 2. The number of imidazole rings is 1. The van der Waals surface area contributed by atoms with Gasteiger partial charge in [-0.2, -0.15) is 0 Å². The van der Waals surface area contributed by atoms with Crippen LogP contribution in [0.2, 0.25) is 0 Å². The van der Waals surface area contributed by atoms with E-state index in [0.717, 1.165) is 40.8 Å². The molecule has 1 aliphatic rings. The molecule has 0 saturated heterocycles. The van der Waals surface area contributed by atoms with Crippen molar-refractivity contribution in [3.63, 3.8) is 0 Å². The van der Waals surface area contributed by atoms with Crippen molar-refractivity contribution >= 4 is 23.4 Å². The summed E-state index contributed by atoms with van der Waals surface area (Å²) in [5.74, 6) is 0.0536. The third-order valence-corrected chi connectivity index (χ3v) is 6.04. The maximum atomic E-state index is 12.8. The standard InChI is InChI=1S/C21H21N3OS/c1-14-15(2)24(17-9-4-3-5-10-17)21(22-14)26-19-13-12-16-8-6-7-11-18(16)23-20(19)25/h3-11,19H,12-13H2,1-2H3,(H,23,25)/t19-/m0/s1. The summed E-state index contributed by atoms with van der Waals surface area (Å²) in [5, 5.41) is 3.79. The Morgan fingerprint density at radius 1 is 1.08 bits per heavy atom. The van der Waals surface area contributed by atoms with E-state index in [4.69, 9.17) is 4.98 Å². The fourth-order valence-corrected chi connectivity index (χ4v) is 4.46. The van der Waals surface area contributed by atoms with E-state index < -0.39 is 0 Å². The van der Waals surface area contributed by atoms with Gasteiger partial charge in [-0.25, -0.2) is 4.98 Å². The molecule has 1 atom stereocenters. The van der Waals surface area contributed by atoms with Crippen LogP contribution in [0.5, 0.6) is 0 Å². The maximum absolute atomic E-state index is 12.8. The summed E-state index contributed by atoms with van der Waals surface area (Å²) in [6.45, 7) is 4.09. The third kappa shape index (κ3) is 3.15. The predicted octanol–water partition coefficient (Wildman–Crippen LogP) is 4.53. The van der Waals surface area contributed by atoms with E-state index in [0.29, 0.717) is 0 Å². The molecule has 3 aromatic rings. The van der Waals surface area contributed by atoms with E-state index in [1.165, 1.54) is 5.56 Å². The minimum atomic E-state index is -0.161. The van der Waals surface area contributed by atoms with Gasteiger partial charge in [-0.15, -0.1) is 0 Å². The highest BCUT2D eigenvalue weighted by Crippen LogP contribution is 2.33. The van der Waals surface area contributed by atoms with E-state index in [9.17, 15) is 4.79 Å². The first-order valence-electron chi connectivity index (χ1n) is 8.80. The number of benzene rings is 2. The van der Waals surface area contributed by atoms with Crippen LogP contribution in [-0.4, -0.2) is 20.7 Å². The molecule has 0 radical (unpaired) electrons. The topological polar surface area (TPSA) is 46.9 Å².